The molecule has 0 spiro atoms. The number of nitrogens with one attached hydrogen (secondary N) is 1. The topological polar surface area (TPSA) is 59.9 Å². The van der Waals surface area contributed by atoms with Gasteiger partial charge >= 0.3 is 0 Å². The van der Waals surface area contributed by atoms with Crippen LogP contribution in [-0.4, -0.2) is 25.0 Å². The van der Waals surface area contributed by atoms with E-state index in [1.165, 1.54) is 11.8 Å². The number of carbonyl (C=O) groups is 1. The second-order valence-corrected chi connectivity index (χ2v) is 9.51. The lowest BCUT2D eigenvalue weighted by molar-refractivity contribution is -0.118. The van der Waals surface area contributed by atoms with E-state index in [0.717, 1.165) is 16.7 Å². The van der Waals surface area contributed by atoms with Crippen molar-refractivity contribution < 1.29 is 14.3 Å². The number of hydrogen-bond acceptors (Lipinski definition) is 5. The first-order chi connectivity index (χ1) is 16.0. The van der Waals surface area contributed by atoms with Crippen LogP contribution in [0.5, 0.6) is 11.5 Å². The molecule has 172 valence electrons. The third-order valence-corrected chi connectivity index (χ3v) is 6.59. The molecule has 0 aliphatic rings. The summed E-state index contributed by atoms with van der Waals surface area (Å²) < 4.78 is 12.1. The average Bonchev–Trinajstić information content (AvgIpc) is 2.80. The van der Waals surface area contributed by atoms with Crippen molar-refractivity contribution in [1.82, 2.24) is 5.43 Å². The Kier molecular flexibility index (Phi) is 9.94. The molecule has 3 aromatic rings. The van der Waals surface area contributed by atoms with Gasteiger partial charge in [0.25, 0.3) is 0 Å². The monoisotopic (exact) mass is 566 g/mol. The fourth-order valence-electron chi connectivity index (χ4n) is 2.77. The highest BCUT2D eigenvalue weighted by Crippen LogP contribution is 2.37. The Morgan fingerprint density at radius 2 is 1.91 bits per heavy atom. The predicted molar refractivity (Wildman–Crippen MR) is 140 cm³/mol. The minimum absolute atomic E-state index is 0.197. The number of hydrazone groups is 1. The van der Waals surface area contributed by atoms with Gasteiger partial charge in [-0.05, 0) is 63.0 Å². The highest BCUT2D eigenvalue weighted by atomic mass is 79.9. The molecule has 1 amide bonds. The van der Waals surface area contributed by atoms with Gasteiger partial charge in [-0.1, -0.05) is 53.5 Å². The van der Waals surface area contributed by atoms with Gasteiger partial charge in [0, 0.05) is 15.8 Å². The number of benzene rings is 3. The van der Waals surface area contributed by atoms with Crippen molar-refractivity contribution in [2.45, 2.75) is 12.4 Å². The molecule has 0 aliphatic heterocycles. The summed E-state index contributed by atoms with van der Waals surface area (Å²) in [6, 6.07) is 18.6. The minimum Gasteiger partial charge on any atom is -0.493 e. The minimum atomic E-state index is -0.197. The Balaban J connectivity index is 1.53. The standard InChI is InChI=1S/C24H21BrCl2N2O3S/c1-31-22-11-17(10-20(25)24(22)32-13-16-6-8-19(26)9-7-16)12-28-29-23(30)15-33-14-18-4-2-3-5-21(18)27/h2-12H,13-15H2,1H3,(H,29,30)/b28-12-. The van der Waals surface area contributed by atoms with Gasteiger partial charge in [-0.3, -0.25) is 4.79 Å². The molecule has 0 heterocycles. The van der Waals surface area contributed by atoms with E-state index in [2.05, 4.69) is 26.5 Å². The smallest absolute Gasteiger partial charge is 0.250 e. The van der Waals surface area contributed by atoms with Crippen LogP contribution in [0.3, 0.4) is 0 Å². The molecule has 33 heavy (non-hydrogen) atoms. The number of carbonyl (C=O) groups excluding carboxylic acids is 1. The molecule has 0 radical (unpaired) electrons. The van der Waals surface area contributed by atoms with Crippen LogP contribution >= 0.6 is 50.9 Å². The van der Waals surface area contributed by atoms with Gasteiger partial charge in [0.05, 0.1) is 23.5 Å². The molecule has 0 aromatic heterocycles. The van der Waals surface area contributed by atoms with Crippen LogP contribution in [0.15, 0.2) is 70.2 Å². The highest BCUT2D eigenvalue weighted by Gasteiger charge is 2.12. The van der Waals surface area contributed by atoms with Gasteiger partial charge in [-0.2, -0.15) is 5.10 Å². The van der Waals surface area contributed by atoms with Crippen LogP contribution < -0.4 is 14.9 Å². The largest absolute Gasteiger partial charge is 0.493 e. The Labute approximate surface area is 215 Å². The Morgan fingerprint density at radius 1 is 1.15 bits per heavy atom. The molecule has 3 aromatic carbocycles. The Morgan fingerprint density at radius 3 is 2.64 bits per heavy atom. The van der Waals surface area contributed by atoms with Crippen molar-refractivity contribution in [2.24, 2.45) is 5.10 Å². The van der Waals surface area contributed by atoms with E-state index in [9.17, 15) is 4.79 Å². The van der Waals surface area contributed by atoms with E-state index < -0.39 is 0 Å². The van der Waals surface area contributed by atoms with E-state index in [-0.39, 0.29) is 11.7 Å². The molecule has 0 bridgehead atoms. The maximum atomic E-state index is 12.1. The van der Waals surface area contributed by atoms with Crippen LogP contribution in [0.4, 0.5) is 0 Å². The predicted octanol–water partition coefficient (Wildman–Crippen LogP) is 6.73. The molecule has 9 heteroatoms. The fourth-order valence-corrected chi connectivity index (χ4v) is 4.58. The van der Waals surface area contributed by atoms with Crippen molar-refractivity contribution in [2.75, 3.05) is 12.9 Å². The molecule has 1 N–H and O–H groups in total. The molecule has 0 aliphatic carbocycles. The van der Waals surface area contributed by atoms with Crippen molar-refractivity contribution >= 4 is 63.0 Å². The quantitative estimate of drug-likeness (QED) is 0.218. The molecule has 0 fully saturated rings. The SMILES string of the molecule is COc1cc(/C=N\NC(=O)CSCc2ccccc2Cl)cc(Br)c1OCc1ccc(Cl)cc1. The van der Waals surface area contributed by atoms with E-state index in [1.54, 1.807) is 19.4 Å². The number of amides is 1. The summed E-state index contributed by atoms with van der Waals surface area (Å²) in [7, 11) is 1.57. The Hall–Kier alpha value is -2.19. The fraction of sp³-hybridized carbons (Fsp3) is 0.167. The van der Waals surface area contributed by atoms with Crippen LogP contribution in [0.2, 0.25) is 10.0 Å². The third kappa shape index (κ3) is 7.96. The molecule has 0 saturated carbocycles. The lowest BCUT2D eigenvalue weighted by atomic mass is 10.2. The van der Waals surface area contributed by atoms with E-state index >= 15 is 0 Å². The molecule has 5 nitrogen and oxygen atoms in total. The second kappa shape index (κ2) is 12.9. The lowest BCUT2D eigenvalue weighted by Gasteiger charge is -2.13. The maximum Gasteiger partial charge on any atom is 0.250 e. The summed E-state index contributed by atoms with van der Waals surface area (Å²) in [6.45, 7) is 0.363. The number of hydrogen-bond donors (Lipinski definition) is 1. The Bertz CT molecular complexity index is 1130. The average molecular weight is 568 g/mol. The number of halogens is 3. The van der Waals surface area contributed by atoms with Crippen LogP contribution in [0, 0.1) is 0 Å². The molecular formula is C24H21BrCl2N2O3S. The van der Waals surface area contributed by atoms with E-state index in [4.69, 9.17) is 32.7 Å². The highest BCUT2D eigenvalue weighted by molar-refractivity contribution is 9.10. The number of methoxy groups -OCH3 is 1. The van der Waals surface area contributed by atoms with Gasteiger partial charge in [-0.25, -0.2) is 5.43 Å². The third-order valence-electron chi connectivity index (χ3n) is 4.40. The zero-order valence-corrected chi connectivity index (χ0v) is 21.6. The molecule has 3 rings (SSSR count). The first-order valence-corrected chi connectivity index (χ1v) is 12.5. The normalized spacial score (nSPS) is 10.9. The molecule has 0 atom stereocenters. The number of nitrogens with zero attached hydrogens (tertiary/aromatic N) is 1. The summed E-state index contributed by atoms with van der Waals surface area (Å²) in [5, 5.41) is 5.41. The second-order valence-electron chi connectivity index (χ2n) is 6.83. The van der Waals surface area contributed by atoms with Crippen molar-refractivity contribution in [3.05, 3.63) is 91.9 Å². The summed E-state index contributed by atoms with van der Waals surface area (Å²) in [5.41, 5.74) is 5.25. The number of rotatable bonds is 10. The molecule has 0 saturated heterocycles. The van der Waals surface area contributed by atoms with Crippen LogP contribution in [0.25, 0.3) is 0 Å². The summed E-state index contributed by atoms with van der Waals surface area (Å²) in [5.74, 6) is 1.84. The number of thioether (sulfide) groups is 1. The van der Waals surface area contributed by atoms with Gasteiger partial charge in [-0.15, -0.1) is 11.8 Å². The van der Waals surface area contributed by atoms with Gasteiger partial charge < -0.3 is 9.47 Å². The first kappa shape index (κ1) is 25.4. The van der Waals surface area contributed by atoms with Gasteiger partial charge in [0.1, 0.15) is 6.61 Å². The van der Waals surface area contributed by atoms with Crippen LogP contribution in [-0.2, 0) is 17.2 Å². The summed E-state index contributed by atoms with van der Waals surface area (Å²) in [4.78, 5) is 12.1. The first-order valence-electron chi connectivity index (χ1n) is 9.84. The molecular weight excluding hydrogens is 547 g/mol. The van der Waals surface area contributed by atoms with Crippen molar-refractivity contribution in [3.63, 3.8) is 0 Å². The lowest BCUT2D eigenvalue weighted by Crippen LogP contribution is -2.19. The maximum absolute atomic E-state index is 12.1. The zero-order valence-electron chi connectivity index (χ0n) is 17.7. The van der Waals surface area contributed by atoms with E-state index in [0.29, 0.717) is 38.4 Å². The van der Waals surface area contributed by atoms with Gasteiger partial charge in [0.15, 0.2) is 11.5 Å². The van der Waals surface area contributed by atoms with Crippen molar-refractivity contribution in [1.29, 1.82) is 0 Å². The van der Waals surface area contributed by atoms with E-state index in [1.807, 2.05) is 54.6 Å². The van der Waals surface area contributed by atoms with Gasteiger partial charge in [0.2, 0.25) is 5.91 Å². The zero-order chi connectivity index (χ0) is 23.6. The molecule has 0 unspecified atom stereocenters. The number of ether oxygens (including phenoxy) is 2. The van der Waals surface area contributed by atoms with Crippen LogP contribution in [0.1, 0.15) is 16.7 Å². The summed E-state index contributed by atoms with van der Waals surface area (Å²) in [6.07, 6.45) is 1.55. The summed E-state index contributed by atoms with van der Waals surface area (Å²) >= 11 is 17.0. The van der Waals surface area contributed by atoms with Crippen molar-refractivity contribution in [3.8, 4) is 11.5 Å².